The molecule has 0 atom stereocenters. The number of rotatable bonds is 3. The van der Waals surface area contributed by atoms with Crippen molar-refractivity contribution in [3.63, 3.8) is 0 Å². The zero-order chi connectivity index (χ0) is 17.2. The van der Waals surface area contributed by atoms with Crippen LogP contribution < -0.4 is 5.32 Å². The molecular formula is C15H7F5N2O. The van der Waals surface area contributed by atoms with Crippen molar-refractivity contribution in [1.29, 1.82) is 5.26 Å². The van der Waals surface area contributed by atoms with Crippen LogP contribution in [-0.2, 0) is 11.0 Å². The molecule has 0 radical (unpaired) electrons. The second kappa shape index (κ2) is 6.04. The van der Waals surface area contributed by atoms with Gasteiger partial charge in [-0.25, -0.2) is 8.78 Å². The molecule has 1 N–H and O–H groups in total. The van der Waals surface area contributed by atoms with Crippen LogP contribution in [0.5, 0.6) is 0 Å². The number of nitriles is 1. The third kappa shape index (κ3) is 3.13. The minimum Gasteiger partial charge on any atom is -0.324 e. The fraction of sp³-hybridized carbons (Fsp3) is 0.0667. The Kier molecular flexibility index (Phi) is 4.31. The van der Waals surface area contributed by atoms with Crippen molar-refractivity contribution in [2.24, 2.45) is 0 Å². The molecule has 0 unspecified atom stereocenters. The fourth-order valence-electron chi connectivity index (χ4n) is 1.99. The van der Waals surface area contributed by atoms with E-state index in [2.05, 4.69) is 0 Å². The van der Waals surface area contributed by atoms with Gasteiger partial charge in [-0.1, -0.05) is 0 Å². The molecule has 0 aromatic heterocycles. The molecule has 23 heavy (non-hydrogen) atoms. The molecule has 0 aliphatic rings. The third-order valence-corrected chi connectivity index (χ3v) is 3.05. The third-order valence-electron chi connectivity index (χ3n) is 3.05. The standard InChI is InChI=1S/C15H7F5N2O/c16-12-4-3-10(13(17)14(12)22-7-23)11-5-9(15(18,19)20)2-1-8(11)6-21/h1-5,7H,(H,22,23). The summed E-state index contributed by atoms with van der Waals surface area (Å²) in [6, 6.07) is 5.51. The van der Waals surface area contributed by atoms with Crippen LogP contribution in [0.1, 0.15) is 11.1 Å². The SMILES string of the molecule is N#Cc1ccc(C(F)(F)F)cc1-c1ccc(F)c(NC=O)c1F. The van der Waals surface area contributed by atoms with Crippen molar-refractivity contribution in [3.8, 4) is 17.2 Å². The van der Waals surface area contributed by atoms with E-state index in [9.17, 15) is 26.7 Å². The monoisotopic (exact) mass is 326 g/mol. The lowest BCUT2D eigenvalue weighted by molar-refractivity contribution is -0.137. The first kappa shape index (κ1) is 16.4. The molecule has 0 heterocycles. The Morgan fingerprint density at radius 3 is 2.35 bits per heavy atom. The van der Waals surface area contributed by atoms with E-state index in [-0.39, 0.29) is 17.5 Å². The van der Waals surface area contributed by atoms with Crippen LogP contribution in [0, 0.1) is 23.0 Å². The highest BCUT2D eigenvalue weighted by Gasteiger charge is 2.31. The van der Waals surface area contributed by atoms with Gasteiger partial charge in [-0.3, -0.25) is 4.79 Å². The lowest BCUT2D eigenvalue weighted by Crippen LogP contribution is -2.06. The van der Waals surface area contributed by atoms with Crippen molar-refractivity contribution < 1.29 is 26.7 Å². The van der Waals surface area contributed by atoms with Gasteiger partial charge >= 0.3 is 6.18 Å². The van der Waals surface area contributed by atoms with Gasteiger partial charge in [-0.15, -0.1) is 0 Å². The number of amides is 1. The zero-order valence-electron chi connectivity index (χ0n) is 11.2. The van der Waals surface area contributed by atoms with E-state index >= 15 is 0 Å². The summed E-state index contributed by atoms with van der Waals surface area (Å²) in [5.74, 6) is -2.36. The summed E-state index contributed by atoms with van der Waals surface area (Å²) in [5, 5.41) is 10.8. The van der Waals surface area contributed by atoms with Crippen LogP contribution in [0.15, 0.2) is 30.3 Å². The number of nitrogens with one attached hydrogen (secondary N) is 1. The van der Waals surface area contributed by atoms with Crippen LogP contribution >= 0.6 is 0 Å². The number of carbonyl (C=O) groups excluding carboxylic acids is 1. The maximum atomic E-state index is 14.3. The molecule has 0 fully saturated rings. The first-order chi connectivity index (χ1) is 10.8. The van der Waals surface area contributed by atoms with Gasteiger partial charge in [-0.2, -0.15) is 18.4 Å². The molecule has 0 bridgehead atoms. The first-order valence-corrected chi connectivity index (χ1v) is 6.09. The number of anilines is 1. The topological polar surface area (TPSA) is 52.9 Å². The number of alkyl halides is 3. The molecule has 3 nitrogen and oxygen atoms in total. The summed E-state index contributed by atoms with van der Waals surface area (Å²) in [5.41, 5.74) is -2.90. The van der Waals surface area contributed by atoms with Crippen molar-refractivity contribution in [1.82, 2.24) is 0 Å². The van der Waals surface area contributed by atoms with Gasteiger partial charge in [0.25, 0.3) is 0 Å². The highest BCUT2D eigenvalue weighted by atomic mass is 19.4. The molecule has 0 aliphatic carbocycles. The summed E-state index contributed by atoms with van der Waals surface area (Å²) in [6.07, 6.45) is -4.66. The van der Waals surface area contributed by atoms with Crippen molar-refractivity contribution >= 4 is 12.1 Å². The second-order valence-electron chi connectivity index (χ2n) is 4.42. The van der Waals surface area contributed by atoms with Gasteiger partial charge in [0.2, 0.25) is 6.41 Å². The molecule has 1 amide bonds. The Bertz CT molecular complexity index is 809. The second-order valence-corrected chi connectivity index (χ2v) is 4.42. The molecule has 2 aromatic rings. The van der Waals surface area contributed by atoms with Crippen LogP contribution in [0.25, 0.3) is 11.1 Å². The molecule has 2 rings (SSSR count). The molecule has 8 heteroatoms. The Labute approximate surface area is 127 Å². The quantitative estimate of drug-likeness (QED) is 0.682. The largest absolute Gasteiger partial charge is 0.416 e. The van der Waals surface area contributed by atoms with Crippen LogP contribution in [-0.4, -0.2) is 6.41 Å². The van der Waals surface area contributed by atoms with Crippen LogP contribution in [0.4, 0.5) is 27.6 Å². The maximum Gasteiger partial charge on any atom is 0.416 e. The predicted octanol–water partition coefficient (Wildman–Crippen LogP) is 4.09. The predicted molar refractivity (Wildman–Crippen MR) is 71.2 cm³/mol. The lowest BCUT2D eigenvalue weighted by Gasteiger charge is -2.13. The molecule has 0 saturated heterocycles. The number of nitrogens with zero attached hydrogens (tertiary/aromatic N) is 1. The van der Waals surface area contributed by atoms with E-state index in [1.165, 1.54) is 0 Å². The Hall–Kier alpha value is -2.95. The smallest absolute Gasteiger partial charge is 0.324 e. The average molecular weight is 326 g/mol. The van der Waals surface area contributed by atoms with Crippen LogP contribution in [0.2, 0.25) is 0 Å². The van der Waals surface area contributed by atoms with E-state index in [4.69, 9.17) is 5.26 Å². The van der Waals surface area contributed by atoms with Crippen molar-refractivity contribution in [3.05, 3.63) is 53.1 Å². The minimum atomic E-state index is -4.69. The van der Waals surface area contributed by atoms with Gasteiger partial charge in [-0.05, 0) is 30.3 Å². The minimum absolute atomic E-state index is 0.0304. The van der Waals surface area contributed by atoms with Crippen LogP contribution in [0.3, 0.4) is 0 Å². The number of carbonyl (C=O) groups is 1. The van der Waals surface area contributed by atoms with Crippen molar-refractivity contribution in [2.75, 3.05) is 5.32 Å². The van der Waals surface area contributed by atoms with Gasteiger partial charge in [0.05, 0.1) is 17.2 Å². The summed E-state index contributed by atoms with van der Waals surface area (Å²) < 4.78 is 66.1. The highest BCUT2D eigenvalue weighted by molar-refractivity contribution is 5.79. The summed E-state index contributed by atoms with van der Waals surface area (Å²) in [7, 11) is 0. The maximum absolute atomic E-state index is 14.3. The Morgan fingerprint density at radius 2 is 1.78 bits per heavy atom. The average Bonchev–Trinajstić information content (AvgIpc) is 2.50. The molecule has 118 valence electrons. The molecular weight excluding hydrogens is 319 g/mol. The molecule has 2 aromatic carbocycles. The number of hydrogen-bond donors (Lipinski definition) is 1. The summed E-state index contributed by atoms with van der Waals surface area (Å²) in [6.45, 7) is 0. The highest BCUT2D eigenvalue weighted by Crippen LogP contribution is 2.36. The fourth-order valence-corrected chi connectivity index (χ4v) is 1.99. The molecule has 0 aliphatic heterocycles. The molecule has 0 saturated carbocycles. The summed E-state index contributed by atoms with van der Waals surface area (Å²) >= 11 is 0. The normalized spacial score (nSPS) is 11.0. The van der Waals surface area contributed by atoms with E-state index < -0.39 is 34.6 Å². The van der Waals surface area contributed by atoms with Gasteiger partial charge < -0.3 is 5.32 Å². The lowest BCUT2D eigenvalue weighted by atomic mass is 9.96. The van der Waals surface area contributed by atoms with E-state index in [1.807, 2.05) is 0 Å². The van der Waals surface area contributed by atoms with Gasteiger partial charge in [0, 0.05) is 11.1 Å². The van der Waals surface area contributed by atoms with E-state index in [0.29, 0.717) is 12.1 Å². The van der Waals surface area contributed by atoms with E-state index in [0.717, 1.165) is 18.2 Å². The van der Waals surface area contributed by atoms with Gasteiger partial charge in [0.1, 0.15) is 11.5 Å². The first-order valence-electron chi connectivity index (χ1n) is 6.09. The van der Waals surface area contributed by atoms with Gasteiger partial charge in [0.15, 0.2) is 5.82 Å². The number of halogens is 5. The zero-order valence-corrected chi connectivity index (χ0v) is 11.2. The Morgan fingerprint density at radius 1 is 1.09 bits per heavy atom. The number of hydrogen-bond acceptors (Lipinski definition) is 2. The van der Waals surface area contributed by atoms with Crippen molar-refractivity contribution in [2.45, 2.75) is 6.18 Å². The number of benzene rings is 2. The van der Waals surface area contributed by atoms with E-state index in [1.54, 1.807) is 11.4 Å². The summed E-state index contributed by atoms with van der Waals surface area (Å²) in [4.78, 5) is 10.4. The Balaban J connectivity index is 2.73. The molecule has 0 spiro atoms.